The number of thiazole rings is 1. The summed E-state index contributed by atoms with van der Waals surface area (Å²) < 4.78 is 0. The maximum Gasteiger partial charge on any atom is 0.323 e. The number of carbonyl (C=O) groups is 3. The number of hydrogen-bond acceptors (Lipinski definition) is 6. The molecule has 0 spiro atoms. The number of anilines is 2. The minimum Gasteiger partial charge on any atom is -0.368 e. The fourth-order valence-electron chi connectivity index (χ4n) is 3.84. The first-order chi connectivity index (χ1) is 14.5. The lowest BCUT2D eigenvalue weighted by atomic mass is 10.1. The quantitative estimate of drug-likeness (QED) is 0.614. The predicted octanol–water partition coefficient (Wildman–Crippen LogP) is 1.30. The third-order valence-corrected chi connectivity index (χ3v) is 6.17. The molecular formula is C20H24N6O3S. The van der Waals surface area contributed by atoms with E-state index in [1.165, 1.54) is 11.3 Å². The van der Waals surface area contributed by atoms with Crippen molar-refractivity contribution in [2.24, 2.45) is 5.73 Å². The largest absolute Gasteiger partial charge is 0.368 e. The molecule has 4 N–H and O–H groups in total. The number of nitrogens with two attached hydrogens (primary N) is 1. The van der Waals surface area contributed by atoms with E-state index in [9.17, 15) is 14.4 Å². The van der Waals surface area contributed by atoms with E-state index in [-0.39, 0.29) is 30.3 Å². The normalized spacial score (nSPS) is 19.1. The topological polar surface area (TPSA) is 121 Å². The third-order valence-electron chi connectivity index (χ3n) is 5.26. The number of amides is 4. The lowest BCUT2D eigenvalue weighted by molar-refractivity contribution is -0.122. The van der Waals surface area contributed by atoms with Crippen LogP contribution < -0.4 is 21.3 Å². The maximum atomic E-state index is 12.5. The highest BCUT2D eigenvalue weighted by atomic mass is 32.1. The zero-order valence-corrected chi connectivity index (χ0v) is 17.3. The summed E-state index contributed by atoms with van der Waals surface area (Å²) in [4.78, 5) is 43.8. The van der Waals surface area contributed by atoms with E-state index in [0.717, 1.165) is 24.9 Å². The minimum absolute atomic E-state index is 0.131. The van der Waals surface area contributed by atoms with Gasteiger partial charge in [0.15, 0.2) is 5.13 Å². The molecule has 30 heavy (non-hydrogen) atoms. The van der Waals surface area contributed by atoms with Crippen LogP contribution in [-0.4, -0.2) is 53.4 Å². The Balaban J connectivity index is 1.35. The molecule has 0 bridgehead atoms. The molecule has 0 radical (unpaired) electrons. The van der Waals surface area contributed by atoms with Gasteiger partial charge in [-0.1, -0.05) is 12.1 Å². The zero-order chi connectivity index (χ0) is 21.1. The molecule has 10 heteroatoms. The number of likely N-dealkylation sites (tertiary alicyclic amines) is 1. The number of rotatable bonds is 7. The van der Waals surface area contributed by atoms with Crippen LogP contribution in [-0.2, 0) is 22.6 Å². The number of benzene rings is 1. The first kappa shape index (κ1) is 20.3. The van der Waals surface area contributed by atoms with E-state index in [1.54, 1.807) is 10.3 Å². The fraction of sp³-hybridized carbons (Fsp3) is 0.400. The Hall–Kier alpha value is -2.98. The van der Waals surface area contributed by atoms with Crippen LogP contribution in [0.25, 0.3) is 0 Å². The van der Waals surface area contributed by atoms with Crippen LogP contribution in [0.4, 0.5) is 15.6 Å². The van der Waals surface area contributed by atoms with Crippen molar-refractivity contribution < 1.29 is 14.4 Å². The van der Waals surface area contributed by atoms with Crippen LogP contribution >= 0.6 is 11.3 Å². The van der Waals surface area contributed by atoms with E-state index in [4.69, 9.17) is 5.73 Å². The molecule has 2 fully saturated rings. The van der Waals surface area contributed by atoms with Crippen molar-refractivity contribution in [2.75, 3.05) is 29.9 Å². The molecule has 1 unspecified atom stereocenters. The molecule has 4 rings (SSSR count). The van der Waals surface area contributed by atoms with Gasteiger partial charge in [-0.15, -0.1) is 11.3 Å². The molecule has 1 aromatic heterocycles. The number of primary amides is 1. The maximum absolute atomic E-state index is 12.5. The molecule has 1 atom stereocenters. The Bertz CT molecular complexity index is 962. The van der Waals surface area contributed by atoms with Crippen molar-refractivity contribution in [3.05, 3.63) is 40.9 Å². The molecule has 2 aliphatic heterocycles. The Morgan fingerprint density at radius 2 is 2.20 bits per heavy atom. The van der Waals surface area contributed by atoms with Crippen LogP contribution in [0.2, 0.25) is 0 Å². The molecule has 158 valence electrons. The van der Waals surface area contributed by atoms with Crippen molar-refractivity contribution in [1.29, 1.82) is 0 Å². The molecule has 2 aliphatic rings. The number of aromatic nitrogens is 1. The third kappa shape index (κ3) is 4.60. The lowest BCUT2D eigenvalue weighted by Crippen LogP contribution is -2.39. The lowest BCUT2D eigenvalue weighted by Gasteiger charge is -2.22. The summed E-state index contributed by atoms with van der Waals surface area (Å²) in [7, 11) is 0. The van der Waals surface area contributed by atoms with E-state index in [2.05, 4.69) is 20.5 Å². The summed E-state index contributed by atoms with van der Waals surface area (Å²) in [6.45, 7) is 2.64. The molecule has 0 saturated carbocycles. The van der Waals surface area contributed by atoms with Crippen molar-refractivity contribution >= 4 is 40.0 Å². The van der Waals surface area contributed by atoms with Crippen LogP contribution in [0, 0.1) is 0 Å². The zero-order valence-electron chi connectivity index (χ0n) is 16.5. The molecule has 2 saturated heterocycles. The highest BCUT2D eigenvalue weighted by Crippen LogP contribution is 2.23. The second kappa shape index (κ2) is 8.80. The van der Waals surface area contributed by atoms with Gasteiger partial charge in [0.1, 0.15) is 0 Å². The minimum atomic E-state index is -0.286. The van der Waals surface area contributed by atoms with Crippen LogP contribution in [0.5, 0.6) is 0 Å². The fourth-order valence-corrected chi connectivity index (χ4v) is 4.69. The average molecular weight is 429 g/mol. The number of nitrogens with zero attached hydrogens (tertiary/aromatic N) is 3. The Kier molecular flexibility index (Phi) is 5.96. The van der Waals surface area contributed by atoms with Crippen molar-refractivity contribution in [1.82, 2.24) is 15.2 Å². The Labute approximate surface area is 178 Å². The van der Waals surface area contributed by atoms with Crippen molar-refractivity contribution in [2.45, 2.75) is 31.8 Å². The summed E-state index contributed by atoms with van der Waals surface area (Å²) in [5.74, 6) is -0.461. The van der Waals surface area contributed by atoms with Gasteiger partial charge in [-0.3, -0.25) is 19.4 Å². The van der Waals surface area contributed by atoms with E-state index >= 15 is 0 Å². The molecule has 1 aromatic carbocycles. The van der Waals surface area contributed by atoms with Crippen LogP contribution in [0.1, 0.15) is 24.1 Å². The highest BCUT2D eigenvalue weighted by molar-refractivity contribution is 7.14. The monoisotopic (exact) mass is 428 g/mol. The summed E-state index contributed by atoms with van der Waals surface area (Å²) in [6.07, 6.45) is 1.88. The molecule has 9 nitrogen and oxygen atoms in total. The molecular weight excluding hydrogens is 404 g/mol. The summed E-state index contributed by atoms with van der Waals surface area (Å²) in [6, 6.07) is 7.22. The number of nitrogens with one attached hydrogen (secondary N) is 2. The van der Waals surface area contributed by atoms with Gasteiger partial charge in [0.2, 0.25) is 11.8 Å². The SMILES string of the molecule is NC(=O)C1CCCN1Cc1cccc(NC(=O)Cc2csc(N3CCNC3=O)n2)c1. The molecule has 0 aliphatic carbocycles. The molecule has 3 heterocycles. The summed E-state index contributed by atoms with van der Waals surface area (Å²) in [5.41, 5.74) is 7.83. The van der Waals surface area contributed by atoms with Crippen LogP contribution in [0.3, 0.4) is 0 Å². The standard InChI is InChI=1S/C20H24N6O3S/c21-18(28)16-5-2-7-25(16)11-13-3-1-4-14(9-13)23-17(27)10-15-12-30-20(24-15)26-8-6-22-19(26)29/h1,3-4,9,12,16H,2,5-8,10-11H2,(H2,21,28)(H,22,29)(H,23,27). The molecule has 2 aromatic rings. The van der Waals surface area contributed by atoms with Gasteiger partial charge >= 0.3 is 6.03 Å². The van der Waals surface area contributed by atoms with Crippen molar-refractivity contribution in [3.8, 4) is 0 Å². The number of carbonyl (C=O) groups excluding carboxylic acids is 3. The van der Waals surface area contributed by atoms with Gasteiger partial charge in [-0.2, -0.15) is 0 Å². The number of urea groups is 1. The van der Waals surface area contributed by atoms with Gasteiger partial charge in [0.05, 0.1) is 18.2 Å². The second-order valence-electron chi connectivity index (χ2n) is 7.46. The second-order valence-corrected chi connectivity index (χ2v) is 8.30. The molecule has 4 amide bonds. The van der Waals surface area contributed by atoms with E-state index in [0.29, 0.717) is 36.1 Å². The van der Waals surface area contributed by atoms with Gasteiger partial charge < -0.3 is 16.4 Å². The van der Waals surface area contributed by atoms with Gasteiger partial charge in [-0.05, 0) is 37.1 Å². The average Bonchev–Trinajstić information content (AvgIpc) is 3.43. The van der Waals surface area contributed by atoms with E-state index < -0.39 is 0 Å². The van der Waals surface area contributed by atoms with Gasteiger partial charge in [-0.25, -0.2) is 9.78 Å². The predicted molar refractivity (Wildman–Crippen MR) is 114 cm³/mol. The van der Waals surface area contributed by atoms with Gasteiger partial charge in [0.25, 0.3) is 0 Å². The van der Waals surface area contributed by atoms with Crippen LogP contribution in [0.15, 0.2) is 29.6 Å². The number of hydrogen-bond donors (Lipinski definition) is 3. The summed E-state index contributed by atoms with van der Waals surface area (Å²) in [5, 5.41) is 8.04. The smallest absolute Gasteiger partial charge is 0.323 e. The summed E-state index contributed by atoms with van der Waals surface area (Å²) >= 11 is 1.35. The van der Waals surface area contributed by atoms with Crippen molar-refractivity contribution in [3.63, 3.8) is 0 Å². The van der Waals surface area contributed by atoms with Gasteiger partial charge in [0, 0.05) is 30.7 Å². The Morgan fingerprint density at radius 3 is 2.97 bits per heavy atom. The highest BCUT2D eigenvalue weighted by Gasteiger charge is 2.28. The first-order valence-corrected chi connectivity index (χ1v) is 10.8. The van der Waals surface area contributed by atoms with E-state index in [1.807, 2.05) is 24.3 Å². The first-order valence-electron chi connectivity index (χ1n) is 9.91. The Morgan fingerprint density at radius 1 is 1.33 bits per heavy atom.